The van der Waals surface area contributed by atoms with Gasteiger partial charge in [0.05, 0.1) is 22.6 Å². The molecule has 1 aliphatic heterocycles. The number of benzene rings is 2. The summed E-state index contributed by atoms with van der Waals surface area (Å²) in [7, 11) is -2.18. The molecule has 34 heavy (non-hydrogen) atoms. The van der Waals surface area contributed by atoms with Gasteiger partial charge in [-0.15, -0.1) is 0 Å². The van der Waals surface area contributed by atoms with E-state index in [0.29, 0.717) is 21.9 Å². The highest BCUT2D eigenvalue weighted by Gasteiger charge is 2.32. The lowest BCUT2D eigenvalue weighted by Crippen LogP contribution is -2.33. The van der Waals surface area contributed by atoms with E-state index < -0.39 is 26.0 Å². The molecule has 1 heterocycles. The first-order valence-electron chi connectivity index (χ1n) is 10.1. The zero-order chi connectivity index (χ0) is 25.3. The molecule has 1 atom stereocenters. The number of thioether (sulfide) groups is 1. The fourth-order valence-corrected chi connectivity index (χ4v) is 6.09. The highest BCUT2D eigenvalue weighted by molar-refractivity contribution is 8.14. The molecule has 0 N–H and O–H groups in total. The van der Waals surface area contributed by atoms with Crippen LogP contribution in [0.4, 0.5) is 5.69 Å². The van der Waals surface area contributed by atoms with Crippen molar-refractivity contribution >= 4 is 48.6 Å². The summed E-state index contributed by atoms with van der Waals surface area (Å²) >= 11 is 1.38. The molecule has 2 aromatic rings. The summed E-state index contributed by atoms with van der Waals surface area (Å²) in [5, 5.41) is 0.446. The first-order chi connectivity index (χ1) is 15.9. The number of hydrogen-bond donors (Lipinski definition) is 0. The lowest BCUT2D eigenvalue weighted by Gasteiger charge is -2.18. The Balaban J connectivity index is 1.96. The molecule has 0 saturated carbocycles. The summed E-state index contributed by atoms with van der Waals surface area (Å²) in [4.78, 5) is 24.1. The molecule has 0 bridgehead atoms. The second-order valence-electron chi connectivity index (χ2n) is 7.65. The summed E-state index contributed by atoms with van der Waals surface area (Å²) in [6, 6.07) is 11.9. The van der Waals surface area contributed by atoms with Gasteiger partial charge in [-0.25, -0.2) is 26.1 Å². The molecule has 13 heteroatoms. The Morgan fingerprint density at radius 1 is 1.03 bits per heavy atom. The molecular formula is C21H26N4O6S3. The minimum atomic E-state index is -3.92. The van der Waals surface area contributed by atoms with Crippen molar-refractivity contribution in [2.75, 3.05) is 34.8 Å². The number of nitrogens with zero attached hydrogens (tertiary/aromatic N) is 4. The van der Waals surface area contributed by atoms with Gasteiger partial charge in [0.25, 0.3) is 15.9 Å². The van der Waals surface area contributed by atoms with Crippen molar-refractivity contribution in [3.63, 3.8) is 0 Å². The largest absolute Gasteiger partial charge is 0.288 e. The Hall–Kier alpha value is -2.29. The molecule has 1 fully saturated rings. The number of carbonyl (C=O) groups excluding carboxylic acids is 1. The van der Waals surface area contributed by atoms with Crippen LogP contribution in [-0.4, -0.2) is 81.6 Å². The average Bonchev–Trinajstić information content (AvgIpc) is 3.17. The topological polar surface area (TPSA) is 117 Å². The maximum atomic E-state index is 13.3. The van der Waals surface area contributed by atoms with Crippen molar-refractivity contribution < 1.29 is 26.5 Å². The molecule has 2 aromatic carbocycles. The third kappa shape index (κ3) is 5.34. The molecule has 1 aliphatic rings. The van der Waals surface area contributed by atoms with Crippen LogP contribution in [0.25, 0.3) is 0 Å². The minimum Gasteiger partial charge on any atom is -0.288 e. The normalized spacial score (nSPS) is 18.3. The lowest BCUT2D eigenvalue weighted by atomic mass is 10.2. The van der Waals surface area contributed by atoms with Gasteiger partial charge < -0.3 is 0 Å². The second kappa shape index (κ2) is 10.1. The van der Waals surface area contributed by atoms with E-state index in [9.17, 15) is 21.6 Å². The third-order valence-corrected chi connectivity index (χ3v) is 9.58. The molecule has 10 nitrogen and oxygen atoms in total. The standard InChI is InChI=1S/C21H26N4O6S3/c1-15-14-25(20(26)16-8-6-10-18(12-16)34(29,30)24(4)31-5)21(32-15)22-17-9-7-11-19(13-17)33(27,28)23(2)3/h6-13,15H,14H2,1-5H3/t15-/m1/s1. The monoisotopic (exact) mass is 526 g/mol. The van der Waals surface area contributed by atoms with Crippen molar-refractivity contribution in [2.24, 2.45) is 4.99 Å². The Bertz CT molecular complexity index is 1330. The molecule has 1 amide bonds. The van der Waals surface area contributed by atoms with Crippen LogP contribution in [0.5, 0.6) is 0 Å². The Kier molecular flexibility index (Phi) is 7.85. The van der Waals surface area contributed by atoms with Gasteiger partial charge in [-0.1, -0.05) is 35.3 Å². The minimum absolute atomic E-state index is 0.0444. The molecule has 0 spiro atoms. The van der Waals surface area contributed by atoms with E-state index in [1.807, 2.05) is 6.92 Å². The molecule has 3 rings (SSSR count). The van der Waals surface area contributed by atoms with Crippen LogP contribution < -0.4 is 0 Å². The van der Waals surface area contributed by atoms with E-state index in [0.717, 1.165) is 4.31 Å². The highest BCUT2D eigenvalue weighted by Crippen LogP contribution is 2.31. The summed E-state index contributed by atoms with van der Waals surface area (Å²) < 4.78 is 51.9. The van der Waals surface area contributed by atoms with E-state index in [2.05, 4.69) is 4.99 Å². The van der Waals surface area contributed by atoms with Gasteiger partial charge >= 0.3 is 0 Å². The maximum Gasteiger partial charge on any atom is 0.264 e. The molecule has 0 radical (unpaired) electrons. The van der Waals surface area contributed by atoms with E-state index >= 15 is 0 Å². The van der Waals surface area contributed by atoms with Gasteiger partial charge in [0, 0.05) is 38.5 Å². The van der Waals surface area contributed by atoms with Crippen molar-refractivity contribution in [1.82, 2.24) is 13.7 Å². The SMILES string of the molecule is CON(C)S(=O)(=O)c1cccc(C(=O)N2C[C@@H](C)SC2=Nc2cccc(S(=O)(=O)N(C)C)c2)c1. The maximum absolute atomic E-state index is 13.3. The van der Waals surface area contributed by atoms with E-state index in [1.165, 1.54) is 81.3 Å². The van der Waals surface area contributed by atoms with Crippen LogP contribution in [-0.2, 0) is 24.9 Å². The van der Waals surface area contributed by atoms with Gasteiger partial charge in [0.2, 0.25) is 10.0 Å². The molecule has 0 unspecified atom stereocenters. The number of amides is 1. The molecule has 0 aromatic heterocycles. The number of sulfonamides is 2. The van der Waals surface area contributed by atoms with Gasteiger partial charge in [0.1, 0.15) is 0 Å². The van der Waals surface area contributed by atoms with Crippen LogP contribution in [0.2, 0.25) is 0 Å². The predicted molar refractivity (Wildman–Crippen MR) is 131 cm³/mol. The van der Waals surface area contributed by atoms with Crippen LogP contribution >= 0.6 is 11.8 Å². The zero-order valence-corrected chi connectivity index (χ0v) is 21.8. The summed E-state index contributed by atoms with van der Waals surface area (Å²) in [6.07, 6.45) is 0. The number of amidine groups is 1. The summed E-state index contributed by atoms with van der Waals surface area (Å²) in [5.74, 6) is -0.412. The summed E-state index contributed by atoms with van der Waals surface area (Å²) in [5.41, 5.74) is 0.562. The first kappa shape index (κ1) is 26.3. The van der Waals surface area contributed by atoms with Crippen LogP contribution in [0, 0.1) is 0 Å². The van der Waals surface area contributed by atoms with E-state index in [-0.39, 0.29) is 20.6 Å². The van der Waals surface area contributed by atoms with Gasteiger partial charge in [-0.2, -0.15) is 0 Å². The molecule has 0 aliphatic carbocycles. The number of rotatable bonds is 7. The number of hydroxylamine groups is 1. The Morgan fingerprint density at radius 3 is 2.26 bits per heavy atom. The van der Waals surface area contributed by atoms with Crippen LogP contribution in [0.1, 0.15) is 17.3 Å². The average molecular weight is 527 g/mol. The summed E-state index contributed by atoms with van der Waals surface area (Å²) in [6.45, 7) is 2.31. The quantitative estimate of drug-likeness (QED) is 0.509. The van der Waals surface area contributed by atoms with E-state index in [1.54, 1.807) is 12.1 Å². The second-order valence-corrected chi connectivity index (χ2v) is 13.1. The Labute approximate surface area is 204 Å². The Morgan fingerprint density at radius 2 is 1.65 bits per heavy atom. The van der Waals surface area contributed by atoms with Crippen molar-refractivity contribution in [1.29, 1.82) is 0 Å². The fourth-order valence-electron chi connectivity index (χ4n) is 3.10. The predicted octanol–water partition coefficient (Wildman–Crippen LogP) is 2.38. The lowest BCUT2D eigenvalue weighted by molar-refractivity contribution is -0.0258. The molecular weight excluding hydrogens is 500 g/mol. The van der Waals surface area contributed by atoms with Crippen molar-refractivity contribution in [3.05, 3.63) is 54.1 Å². The van der Waals surface area contributed by atoms with Gasteiger partial charge in [-0.3, -0.25) is 14.5 Å². The van der Waals surface area contributed by atoms with Gasteiger partial charge in [-0.05, 0) is 36.4 Å². The van der Waals surface area contributed by atoms with Crippen LogP contribution in [0.15, 0.2) is 63.3 Å². The first-order valence-corrected chi connectivity index (χ1v) is 13.9. The molecule has 184 valence electrons. The smallest absolute Gasteiger partial charge is 0.264 e. The zero-order valence-electron chi connectivity index (χ0n) is 19.4. The van der Waals surface area contributed by atoms with Crippen LogP contribution in [0.3, 0.4) is 0 Å². The highest BCUT2D eigenvalue weighted by atomic mass is 32.2. The number of carbonyl (C=O) groups is 1. The van der Waals surface area contributed by atoms with Crippen molar-refractivity contribution in [3.8, 4) is 0 Å². The number of hydrogen-bond acceptors (Lipinski definition) is 8. The third-order valence-electron chi connectivity index (χ3n) is 5.02. The number of aliphatic imine (C=N–C) groups is 1. The van der Waals surface area contributed by atoms with Crippen molar-refractivity contribution in [2.45, 2.75) is 22.0 Å². The molecule has 1 saturated heterocycles. The van der Waals surface area contributed by atoms with Gasteiger partial charge in [0.15, 0.2) is 5.17 Å². The fraction of sp³-hybridized carbons (Fsp3) is 0.333. The van der Waals surface area contributed by atoms with E-state index in [4.69, 9.17) is 4.84 Å².